The van der Waals surface area contributed by atoms with Crippen LogP contribution in [0.1, 0.15) is 44.5 Å². The van der Waals surface area contributed by atoms with Crippen molar-refractivity contribution < 1.29 is 19.0 Å². The highest BCUT2D eigenvalue weighted by Gasteiger charge is 2.39. The Balaban J connectivity index is 2.16. The first-order chi connectivity index (χ1) is 14.9. The zero-order valence-corrected chi connectivity index (χ0v) is 21.5. The average Bonchev–Trinajstić information content (AvgIpc) is 3.11. The molecule has 0 aliphatic rings. The molecule has 0 aliphatic carbocycles. The molecule has 2 unspecified atom stereocenters. The standard InChI is InChI=1S/C23H38BN3O4Si/c1-16(13-23(2,3)32(6,7)29)21-26-20(14-27(21)4)18-10-8-17(9-11-18)12-19(22(28)30-5)24-31-15-25/h8-11,14,16,19,24,29H,12-13,15,25H2,1-7H3. The molecule has 2 rings (SSSR count). The average molecular weight is 459 g/mol. The number of nitrogens with zero attached hydrogens (tertiary/aromatic N) is 2. The van der Waals surface area contributed by atoms with Crippen LogP contribution in [0.4, 0.5) is 0 Å². The van der Waals surface area contributed by atoms with Gasteiger partial charge in [0.2, 0.25) is 0 Å². The molecule has 0 bridgehead atoms. The lowest BCUT2D eigenvalue weighted by atomic mass is 9.76. The van der Waals surface area contributed by atoms with Crippen LogP contribution in [0.3, 0.4) is 0 Å². The second-order valence-corrected chi connectivity index (χ2v) is 14.3. The molecule has 0 aliphatic heterocycles. The van der Waals surface area contributed by atoms with Crippen LogP contribution in [-0.4, -0.2) is 50.0 Å². The van der Waals surface area contributed by atoms with Crippen LogP contribution < -0.4 is 5.73 Å². The SMILES string of the molecule is COC(=O)C(BOCN)Cc1ccc(-c2cn(C)c(C(C)CC(C)(C)[Si](C)(C)O)n2)cc1. The van der Waals surface area contributed by atoms with E-state index < -0.39 is 8.32 Å². The molecule has 0 radical (unpaired) electrons. The summed E-state index contributed by atoms with van der Waals surface area (Å²) in [5.41, 5.74) is 8.34. The van der Waals surface area contributed by atoms with Crippen LogP contribution in [-0.2, 0) is 27.7 Å². The van der Waals surface area contributed by atoms with Crippen molar-refractivity contribution >= 4 is 21.8 Å². The van der Waals surface area contributed by atoms with Crippen molar-refractivity contribution in [3.63, 3.8) is 0 Å². The molecule has 2 aromatic rings. The van der Waals surface area contributed by atoms with Gasteiger partial charge in [-0.2, -0.15) is 0 Å². The summed E-state index contributed by atoms with van der Waals surface area (Å²) in [5, 5.41) is -0.107. The molecule has 176 valence electrons. The number of carbonyl (C=O) groups is 1. The lowest BCUT2D eigenvalue weighted by Crippen LogP contribution is -2.39. The molecule has 7 nitrogen and oxygen atoms in total. The summed E-state index contributed by atoms with van der Waals surface area (Å²) in [5.74, 6) is 0.549. The predicted octanol–water partition coefficient (Wildman–Crippen LogP) is 3.35. The van der Waals surface area contributed by atoms with Crippen LogP contribution in [0.15, 0.2) is 30.5 Å². The van der Waals surface area contributed by atoms with E-state index in [1.807, 2.05) is 50.6 Å². The molecule has 1 aromatic heterocycles. The van der Waals surface area contributed by atoms with Gasteiger partial charge in [0.25, 0.3) is 7.48 Å². The predicted molar refractivity (Wildman–Crippen MR) is 132 cm³/mol. The molecule has 1 aromatic carbocycles. The minimum Gasteiger partial charge on any atom is -0.469 e. The van der Waals surface area contributed by atoms with Crippen molar-refractivity contribution in [2.24, 2.45) is 12.8 Å². The second kappa shape index (κ2) is 10.8. The minimum atomic E-state index is -2.28. The summed E-state index contributed by atoms with van der Waals surface area (Å²) in [6.45, 7) is 10.5. The van der Waals surface area contributed by atoms with Crippen molar-refractivity contribution in [2.75, 3.05) is 13.8 Å². The molecule has 0 saturated carbocycles. The van der Waals surface area contributed by atoms with Crippen molar-refractivity contribution in [1.29, 1.82) is 0 Å². The van der Waals surface area contributed by atoms with Crippen LogP contribution in [0, 0.1) is 0 Å². The highest BCUT2D eigenvalue weighted by molar-refractivity contribution is 6.72. The lowest BCUT2D eigenvalue weighted by molar-refractivity contribution is -0.140. The number of benzene rings is 1. The van der Waals surface area contributed by atoms with Gasteiger partial charge >= 0.3 is 5.97 Å². The summed E-state index contributed by atoms with van der Waals surface area (Å²) < 4.78 is 12.2. The summed E-state index contributed by atoms with van der Waals surface area (Å²) in [6, 6.07) is 8.07. The van der Waals surface area contributed by atoms with Crippen molar-refractivity contribution in [3.8, 4) is 11.3 Å². The van der Waals surface area contributed by atoms with Gasteiger partial charge in [0.15, 0.2) is 8.32 Å². The highest BCUT2D eigenvalue weighted by atomic mass is 28.4. The first-order valence-corrected chi connectivity index (χ1v) is 14.0. The third-order valence-electron chi connectivity index (χ3n) is 6.53. The largest absolute Gasteiger partial charge is 0.469 e. The number of esters is 1. The van der Waals surface area contributed by atoms with Gasteiger partial charge in [0.05, 0.1) is 25.4 Å². The molecule has 3 N–H and O–H groups in total. The number of aromatic nitrogens is 2. The lowest BCUT2D eigenvalue weighted by Gasteiger charge is -2.36. The Morgan fingerprint density at radius 3 is 2.47 bits per heavy atom. The molecule has 0 spiro atoms. The third kappa shape index (κ3) is 6.54. The highest BCUT2D eigenvalue weighted by Crippen LogP contribution is 2.43. The topological polar surface area (TPSA) is 99.6 Å². The number of aryl methyl sites for hydroxylation is 1. The van der Waals surface area contributed by atoms with E-state index in [1.54, 1.807) is 0 Å². The molecule has 2 atom stereocenters. The Hall–Kier alpha value is -1.94. The summed E-state index contributed by atoms with van der Waals surface area (Å²) in [6.07, 6.45) is 3.45. The maximum Gasteiger partial charge on any atom is 0.303 e. The molecule has 1 heterocycles. The summed E-state index contributed by atoms with van der Waals surface area (Å²) in [7, 11) is 1.35. The Kier molecular flexibility index (Phi) is 8.87. The van der Waals surface area contributed by atoms with Gasteiger partial charge in [0, 0.05) is 24.7 Å². The van der Waals surface area contributed by atoms with E-state index in [2.05, 4.69) is 25.3 Å². The molecular weight excluding hydrogens is 421 g/mol. The first-order valence-electron chi connectivity index (χ1n) is 11.1. The summed E-state index contributed by atoms with van der Waals surface area (Å²) >= 11 is 0. The zero-order valence-electron chi connectivity index (χ0n) is 20.5. The molecular formula is C23H38BN3O4Si. The van der Waals surface area contributed by atoms with Gasteiger partial charge in [-0.25, -0.2) is 4.98 Å². The van der Waals surface area contributed by atoms with E-state index in [-0.39, 0.29) is 37.0 Å². The number of rotatable bonds is 11. The number of carbonyl (C=O) groups excluding carboxylic acids is 1. The van der Waals surface area contributed by atoms with E-state index >= 15 is 0 Å². The van der Waals surface area contributed by atoms with E-state index in [4.69, 9.17) is 20.1 Å². The van der Waals surface area contributed by atoms with Crippen LogP contribution in [0.25, 0.3) is 11.3 Å². The Labute approximate surface area is 193 Å². The number of hydrogen-bond acceptors (Lipinski definition) is 6. The van der Waals surface area contributed by atoms with Gasteiger partial charge in [-0.1, -0.05) is 45.0 Å². The van der Waals surface area contributed by atoms with E-state index in [0.29, 0.717) is 6.42 Å². The first kappa shape index (κ1) is 26.3. The van der Waals surface area contributed by atoms with Crippen LogP contribution in [0.5, 0.6) is 0 Å². The smallest absolute Gasteiger partial charge is 0.303 e. The number of hydrogen-bond donors (Lipinski definition) is 2. The molecule has 9 heteroatoms. The van der Waals surface area contributed by atoms with Crippen molar-refractivity contribution in [1.82, 2.24) is 9.55 Å². The summed E-state index contributed by atoms with van der Waals surface area (Å²) in [4.78, 5) is 27.6. The number of imidazole rings is 1. The maximum absolute atomic E-state index is 12.0. The molecule has 0 saturated heterocycles. The molecule has 32 heavy (non-hydrogen) atoms. The van der Waals surface area contributed by atoms with Gasteiger partial charge in [-0.15, -0.1) is 0 Å². The monoisotopic (exact) mass is 459 g/mol. The molecule has 0 fully saturated rings. The normalized spacial score (nSPS) is 14.2. The van der Waals surface area contributed by atoms with Crippen molar-refractivity contribution in [2.45, 2.75) is 63.5 Å². The van der Waals surface area contributed by atoms with Crippen LogP contribution >= 0.6 is 0 Å². The Morgan fingerprint density at radius 2 is 1.94 bits per heavy atom. The van der Waals surface area contributed by atoms with E-state index in [1.165, 1.54) is 7.11 Å². The van der Waals surface area contributed by atoms with Gasteiger partial charge < -0.3 is 24.5 Å². The minimum absolute atomic E-state index is 0.0715. The van der Waals surface area contributed by atoms with E-state index in [9.17, 15) is 9.59 Å². The fourth-order valence-corrected chi connectivity index (χ4v) is 4.67. The van der Waals surface area contributed by atoms with Gasteiger partial charge in [-0.05, 0) is 36.5 Å². The number of methoxy groups -OCH3 is 1. The van der Waals surface area contributed by atoms with Crippen LogP contribution in [0.2, 0.25) is 23.9 Å². The Morgan fingerprint density at radius 1 is 1.31 bits per heavy atom. The zero-order chi connectivity index (χ0) is 24.1. The maximum atomic E-state index is 12.0. The van der Waals surface area contributed by atoms with Crippen molar-refractivity contribution in [3.05, 3.63) is 41.9 Å². The third-order valence-corrected chi connectivity index (χ3v) is 10.0. The van der Waals surface area contributed by atoms with Gasteiger partial charge in [0.1, 0.15) is 5.82 Å². The Bertz CT molecular complexity index is 894. The number of nitrogens with two attached hydrogens (primary N) is 1. The fraction of sp³-hybridized carbons (Fsp3) is 0.565. The number of ether oxygens (including phenoxy) is 1. The van der Waals surface area contributed by atoms with Gasteiger partial charge in [-0.3, -0.25) is 4.79 Å². The van der Waals surface area contributed by atoms with E-state index in [0.717, 1.165) is 29.1 Å². The molecule has 0 amide bonds. The quantitative estimate of drug-likeness (QED) is 0.304. The fourth-order valence-electron chi connectivity index (χ4n) is 3.87. The second-order valence-electron chi connectivity index (χ2n) is 9.80.